The van der Waals surface area contributed by atoms with Crippen LogP contribution in [0.4, 0.5) is 15.8 Å². The van der Waals surface area contributed by atoms with Crippen molar-refractivity contribution in [1.82, 2.24) is 15.1 Å². The Morgan fingerprint density at radius 1 is 1.03 bits per heavy atom. The van der Waals surface area contributed by atoms with Crippen molar-refractivity contribution >= 4 is 40.5 Å². The first-order chi connectivity index (χ1) is 15.5. The van der Waals surface area contributed by atoms with Crippen molar-refractivity contribution in [3.8, 4) is 0 Å². The number of carbonyl (C=O) groups excluding carboxylic acids is 2. The summed E-state index contributed by atoms with van der Waals surface area (Å²) in [6.45, 7) is 3.67. The van der Waals surface area contributed by atoms with E-state index in [1.165, 1.54) is 12.1 Å². The lowest BCUT2D eigenvalue weighted by molar-refractivity contribution is -0.137. The van der Waals surface area contributed by atoms with Gasteiger partial charge in [-0.1, -0.05) is 18.2 Å². The van der Waals surface area contributed by atoms with Gasteiger partial charge in [0.15, 0.2) is 5.11 Å². The Morgan fingerprint density at radius 3 is 2.41 bits per heavy atom. The molecule has 1 atom stereocenters. The Morgan fingerprint density at radius 2 is 1.72 bits per heavy atom. The molecule has 2 heterocycles. The van der Waals surface area contributed by atoms with Crippen LogP contribution in [0.5, 0.6) is 0 Å². The number of halogens is 1. The average Bonchev–Trinajstić information content (AvgIpc) is 2.82. The molecule has 0 aliphatic carbocycles. The number of benzene rings is 2. The van der Waals surface area contributed by atoms with Crippen LogP contribution in [0.2, 0.25) is 0 Å². The molecule has 2 N–H and O–H groups in total. The van der Waals surface area contributed by atoms with E-state index in [9.17, 15) is 14.0 Å². The molecule has 2 amide bonds. The topological polar surface area (TPSA) is 67.9 Å². The minimum absolute atomic E-state index is 0.0579. The Bertz CT molecular complexity index is 964. The number of piperazine rings is 2. The SMILES string of the molecule is O=C1NCCN(C(=S)Nc2ccc(F)cc2)C1CC(=O)N1CCN(c2ccccc2)CC1. The van der Waals surface area contributed by atoms with Crippen molar-refractivity contribution < 1.29 is 14.0 Å². The van der Waals surface area contributed by atoms with Gasteiger partial charge in [0.25, 0.3) is 0 Å². The molecule has 4 rings (SSSR count). The van der Waals surface area contributed by atoms with E-state index in [0.717, 1.165) is 18.8 Å². The van der Waals surface area contributed by atoms with Crippen LogP contribution in [0.25, 0.3) is 0 Å². The van der Waals surface area contributed by atoms with Crippen LogP contribution in [-0.4, -0.2) is 72.0 Å². The summed E-state index contributed by atoms with van der Waals surface area (Å²) in [4.78, 5) is 31.4. The van der Waals surface area contributed by atoms with Crippen molar-refractivity contribution in [3.63, 3.8) is 0 Å². The Balaban J connectivity index is 1.36. The van der Waals surface area contributed by atoms with E-state index in [0.29, 0.717) is 37.0 Å². The van der Waals surface area contributed by atoms with E-state index in [1.807, 2.05) is 23.1 Å². The van der Waals surface area contributed by atoms with Crippen LogP contribution in [0, 0.1) is 5.82 Å². The van der Waals surface area contributed by atoms with Crippen molar-refractivity contribution in [3.05, 3.63) is 60.4 Å². The standard InChI is InChI=1S/C23H26FN5O2S/c24-17-6-8-18(9-7-17)26-23(32)29-11-10-25-22(31)20(29)16-21(30)28-14-12-27(13-15-28)19-4-2-1-3-5-19/h1-9,20H,10-16H2,(H,25,31)(H,26,32). The van der Waals surface area contributed by atoms with Gasteiger partial charge in [0.2, 0.25) is 11.8 Å². The second kappa shape index (κ2) is 9.95. The normalized spacial score (nSPS) is 18.8. The molecule has 2 saturated heterocycles. The van der Waals surface area contributed by atoms with Gasteiger partial charge in [-0.05, 0) is 48.6 Å². The molecule has 32 heavy (non-hydrogen) atoms. The van der Waals surface area contributed by atoms with E-state index in [4.69, 9.17) is 12.2 Å². The summed E-state index contributed by atoms with van der Waals surface area (Å²) in [5.41, 5.74) is 1.78. The summed E-state index contributed by atoms with van der Waals surface area (Å²) in [6.07, 6.45) is 0.0579. The van der Waals surface area contributed by atoms with Gasteiger partial charge in [0.1, 0.15) is 11.9 Å². The van der Waals surface area contributed by atoms with Crippen molar-refractivity contribution in [2.75, 3.05) is 49.5 Å². The Kier molecular flexibility index (Phi) is 6.84. The molecule has 2 fully saturated rings. The fourth-order valence-electron chi connectivity index (χ4n) is 4.04. The van der Waals surface area contributed by atoms with E-state index in [-0.39, 0.29) is 24.1 Å². The number of nitrogens with zero attached hydrogens (tertiary/aromatic N) is 3. The van der Waals surface area contributed by atoms with Crippen LogP contribution >= 0.6 is 12.2 Å². The van der Waals surface area contributed by atoms with Crippen LogP contribution in [0.1, 0.15) is 6.42 Å². The first-order valence-electron chi connectivity index (χ1n) is 10.7. The third kappa shape index (κ3) is 5.16. The van der Waals surface area contributed by atoms with E-state index in [2.05, 4.69) is 27.7 Å². The Hall–Kier alpha value is -3.20. The highest BCUT2D eigenvalue weighted by Gasteiger charge is 2.35. The van der Waals surface area contributed by atoms with Crippen molar-refractivity contribution in [2.45, 2.75) is 12.5 Å². The number of thiocarbonyl (C=S) groups is 1. The van der Waals surface area contributed by atoms with E-state index < -0.39 is 6.04 Å². The molecule has 2 aromatic rings. The average molecular weight is 456 g/mol. The lowest BCUT2D eigenvalue weighted by Crippen LogP contribution is -2.60. The molecule has 0 bridgehead atoms. The summed E-state index contributed by atoms with van der Waals surface area (Å²) in [6, 6.07) is 15.3. The van der Waals surface area contributed by atoms with Crippen molar-refractivity contribution in [1.29, 1.82) is 0 Å². The first-order valence-corrected chi connectivity index (χ1v) is 11.1. The largest absolute Gasteiger partial charge is 0.368 e. The summed E-state index contributed by atoms with van der Waals surface area (Å²) >= 11 is 5.51. The number of hydrogen-bond donors (Lipinski definition) is 2. The van der Waals surface area contributed by atoms with E-state index in [1.54, 1.807) is 17.0 Å². The molecule has 2 aliphatic heterocycles. The molecule has 2 aromatic carbocycles. The zero-order valence-electron chi connectivity index (χ0n) is 17.7. The Labute approximate surface area is 192 Å². The number of anilines is 2. The molecule has 0 spiro atoms. The quantitative estimate of drug-likeness (QED) is 0.688. The maximum absolute atomic E-state index is 13.2. The second-order valence-corrected chi connectivity index (χ2v) is 8.23. The zero-order chi connectivity index (χ0) is 22.5. The molecular formula is C23H26FN5O2S. The van der Waals surface area contributed by atoms with Crippen LogP contribution in [0.3, 0.4) is 0 Å². The van der Waals surface area contributed by atoms with Gasteiger partial charge >= 0.3 is 0 Å². The molecule has 0 radical (unpaired) electrons. The van der Waals surface area contributed by atoms with Gasteiger partial charge in [-0.15, -0.1) is 0 Å². The van der Waals surface area contributed by atoms with Crippen LogP contribution in [0.15, 0.2) is 54.6 Å². The summed E-state index contributed by atoms with van der Waals surface area (Å²) in [5, 5.41) is 6.22. The molecule has 9 heteroatoms. The molecule has 2 aliphatic rings. The lowest BCUT2D eigenvalue weighted by Gasteiger charge is -2.39. The van der Waals surface area contributed by atoms with Gasteiger partial charge in [-0.2, -0.15) is 0 Å². The van der Waals surface area contributed by atoms with Gasteiger partial charge < -0.3 is 25.3 Å². The number of hydrogen-bond acceptors (Lipinski definition) is 4. The minimum atomic E-state index is -0.677. The zero-order valence-corrected chi connectivity index (χ0v) is 18.5. The van der Waals surface area contributed by atoms with Crippen LogP contribution in [-0.2, 0) is 9.59 Å². The first kappa shape index (κ1) is 22.0. The number of rotatable bonds is 4. The highest BCUT2D eigenvalue weighted by Crippen LogP contribution is 2.18. The third-order valence-corrected chi connectivity index (χ3v) is 6.15. The van der Waals surface area contributed by atoms with E-state index >= 15 is 0 Å². The molecule has 1 unspecified atom stereocenters. The third-order valence-electron chi connectivity index (χ3n) is 5.81. The molecule has 0 saturated carbocycles. The molecule has 0 aromatic heterocycles. The molecule has 7 nitrogen and oxygen atoms in total. The monoisotopic (exact) mass is 455 g/mol. The predicted molar refractivity (Wildman–Crippen MR) is 126 cm³/mol. The van der Waals surface area contributed by atoms with Crippen LogP contribution < -0.4 is 15.5 Å². The smallest absolute Gasteiger partial charge is 0.243 e. The number of carbonyl (C=O) groups is 2. The predicted octanol–water partition coefficient (Wildman–Crippen LogP) is 2.06. The summed E-state index contributed by atoms with van der Waals surface area (Å²) in [5.74, 6) is -0.611. The number of amides is 2. The van der Waals surface area contributed by atoms with Gasteiger partial charge in [0, 0.05) is 50.6 Å². The molecule has 168 valence electrons. The maximum Gasteiger partial charge on any atom is 0.243 e. The molecular weight excluding hydrogens is 429 g/mol. The minimum Gasteiger partial charge on any atom is -0.368 e. The fraction of sp³-hybridized carbons (Fsp3) is 0.348. The van der Waals surface area contributed by atoms with Crippen molar-refractivity contribution in [2.24, 2.45) is 0 Å². The maximum atomic E-state index is 13.2. The lowest BCUT2D eigenvalue weighted by atomic mass is 10.1. The van der Waals surface area contributed by atoms with Gasteiger partial charge in [-0.25, -0.2) is 4.39 Å². The second-order valence-electron chi connectivity index (χ2n) is 7.84. The fourth-order valence-corrected chi connectivity index (χ4v) is 4.37. The highest BCUT2D eigenvalue weighted by molar-refractivity contribution is 7.80. The summed E-state index contributed by atoms with van der Waals surface area (Å²) < 4.78 is 13.2. The van der Waals surface area contributed by atoms with Gasteiger partial charge in [0.05, 0.1) is 6.42 Å². The number of para-hydroxylation sites is 1. The highest BCUT2D eigenvalue weighted by atomic mass is 32.1. The van der Waals surface area contributed by atoms with Gasteiger partial charge in [-0.3, -0.25) is 9.59 Å². The summed E-state index contributed by atoms with van der Waals surface area (Å²) in [7, 11) is 0. The number of nitrogens with one attached hydrogen (secondary N) is 2.